The van der Waals surface area contributed by atoms with E-state index in [1.807, 2.05) is 30.3 Å². The number of hydrogen-bond acceptors (Lipinski definition) is 2. The molecule has 2 aromatic carbocycles. The summed E-state index contributed by atoms with van der Waals surface area (Å²) < 4.78 is 19.6. The standard InChI is InChI=1S/C18H17FO2/c1-2-21-18(20)16(13-14-9-5-3-6-10-14)17(19)15-11-7-4-8-12-15/h3-12H,2,13H2,1H3/b17-16+. The SMILES string of the molecule is CCOC(=O)/C(Cc1ccccc1)=C(/F)c1ccccc1. The minimum absolute atomic E-state index is 0.0502. The zero-order valence-electron chi connectivity index (χ0n) is 11.9. The van der Waals surface area contributed by atoms with Gasteiger partial charge in [0, 0.05) is 12.0 Å². The molecular weight excluding hydrogens is 267 g/mol. The second-order valence-corrected chi connectivity index (χ2v) is 4.54. The summed E-state index contributed by atoms with van der Waals surface area (Å²) in [6.45, 7) is 1.93. The lowest BCUT2D eigenvalue weighted by Gasteiger charge is -2.09. The Labute approximate surface area is 123 Å². The third-order valence-corrected chi connectivity index (χ3v) is 3.04. The van der Waals surface area contributed by atoms with Crippen LogP contribution in [0.1, 0.15) is 18.1 Å². The van der Waals surface area contributed by atoms with Gasteiger partial charge in [-0.1, -0.05) is 60.7 Å². The van der Waals surface area contributed by atoms with Gasteiger partial charge in [-0.15, -0.1) is 0 Å². The molecule has 0 aliphatic heterocycles. The first-order valence-corrected chi connectivity index (χ1v) is 6.87. The summed E-state index contributed by atoms with van der Waals surface area (Å²) in [5.41, 5.74) is 1.30. The summed E-state index contributed by atoms with van der Waals surface area (Å²) in [6, 6.07) is 17.9. The van der Waals surface area contributed by atoms with E-state index in [2.05, 4.69) is 0 Å². The van der Waals surface area contributed by atoms with Crippen LogP contribution in [0.4, 0.5) is 4.39 Å². The maximum Gasteiger partial charge on any atom is 0.337 e. The smallest absolute Gasteiger partial charge is 0.337 e. The number of halogens is 1. The van der Waals surface area contributed by atoms with Gasteiger partial charge in [-0.05, 0) is 12.5 Å². The van der Waals surface area contributed by atoms with Crippen LogP contribution in [0.3, 0.4) is 0 Å². The minimum atomic E-state index is -0.609. The molecule has 2 nitrogen and oxygen atoms in total. The highest BCUT2D eigenvalue weighted by Crippen LogP contribution is 2.24. The van der Waals surface area contributed by atoms with Crippen molar-refractivity contribution in [2.45, 2.75) is 13.3 Å². The Morgan fingerprint density at radius 3 is 2.14 bits per heavy atom. The van der Waals surface area contributed by atoms with Crippen molar-refractivity contribution in [3.8, 4) is 0 Å². The van der Waals surface area contributed by atoms with Gasteiger partial charge in [0.15, 0.2) is 0 Å². The molecular formula is C18H17FO2. The van der Waals surface area contributed by atoms with Crippen LogP contribution in [0.25, 0.3) is 5.83 Å². The lowest BCUT2D eigenvalue weighted by Crippen LogP contribution is -2.11. The van der Waals surface area contributed by atoms with E-state index in [0.717, 1.165) is 5.56 Å². The Morgan fingerprint density at radius 1 is 1.00 bits per heavy atom. The molecule has 21 heavy (non-hydrogen) atoms. The summed E-state index contributed by atoms with van der Waals surface area (Å²) in [5, 5.41) is 0. The molecule has 0 saturated carbocycles. The van der Waals surface area contributed by atoms with E-state index in [0.29, 0.717) is 5.56 Å². The molecule has 3 heteroatoms. The summed E-state index contributed by atoms with van der Waals surface area (Å²) in [7, 11) is 0. The second-order valence-electron chi connectivity index (χ2n) is 4.54. The van der Waals surface area contributed by atoms with E-state index in [1.165, 1.54) is 0 Å². The van der Waals surface area contributed by atoms with E-state index in [-0.39, 0.29) is 18.6 Å². The molecule has 0 spiro atoms. The van der Waals surface area contributed by atoms with Crippen molar-refractivity contribution in [2.24, 2.45) is 0 Å². The van der Waals surface area contributed by atoms with Crippen molar-refractivity contribution in [3.63, 3.8) is 0 Å². The lowest BCUT2D eigenvalue weighted by atomic mass is 10.0. The zero-order valence-corrected chi connectivity index (χ0v) is 11.9. The van der Waals surface area contributed by atoms with Gasteiger partial charge in [0.1, 0.15) is 5.83 Å². The van der Waals surface area contributed by atoms with Crippen LogP contribution in [0.2, 0.25) is 0 Å². The first kappa shape index (κ1) is 15.0. The first-order valence-electron chi connectivity index (χ1n) is 6.87. The summed E-state index contributed by atoms with van der Waals surface area (Å²) >= 11 is 0. The molecule has 0 atom stereocenters. The number of rotatable bonds is 5. The van der Waals surface area contributed by atoms with Crippen molar-refractivity contribution in [3.05, 3.63) is 77.4 Å². The monoisotopic (exact) mass is 284 g/mol. The Kier molecular flexibility index (Phi) is 5.27. The third kappa shape index (κ3) is 4.02. The average molecular weight is 284 g/mol. The molecule has 0 amide bonds. The van der Waals surface area contributed by atoms with Crippen molar-refractivity contribution in [2.75, 3.05) is 6.61 Å². The lowest BCUT2D eigenvalue weighted by molar-refractivity contribution is -0.138. The normalized spacial score (nSPS) is 11.7. The van der Waals surface area contributed by atoms with Crippen molar-refractivity contribution in [1.82, 2.24) is 0 Å². The van der Waals surface area contributed by atoms with Gasteiger partial charge >= 0.3 is 5.97 Å². The minimum Gasteiger partial charge on any atom is -0.463 e. The molecule has 0 heterocycles. The van der Waals surface area contributed by atoms with E-state index in [4.69, 9.17) is 4.74 Å². The molecule has 0 unspecified atom stereocenters. The topological polar surface area (TPSA) is 26.3 Å². The van der Waals surface area contributed by atoms with Crippen molar-refractivity contribution >= 4 is 11.8 Å². The van der Waals surface area contributed by atoms with Crippen LogP contribution in [-0.2, 0) is 16.0 Å². The highest BCUT2D eigenvalue weighted by molar-refractivity contribution is 5.96. The van der Waals surface area contributed by atoms with Gasteiger partial charge in [-0.25, -0.2) is 9.18 Å². The maximum atomic E-state index is 14.6. The molecule has 2 rings (SSSR count). The number of ether oxygens (including phenoxy) is 1. The fourth-order valence-electron chi connectivity index (χ4n) is 2.02. The first-order chi connectivity index (χ1) is 10.2. The van der Waals surface area contributed by atoms with Crippen LogP contribution < -0.4 is 0 Å². The fourth-order valence-corrected chi connectivity index (χ4v) is 2.02. The Hall–Kier alpha value is -2.42. The van der Waals surface area contributed by atoms with Crippen molar-refractivity contribution in [1.29, 1.82) is 0 Å². The molecule has 0 aliphatic carbocycles. The summed E-state index contributed by atoms with van der Waals surface area (Å²) in [5.74, 6) is -1.14. The summed E-state index contributed by atoms with van der Waals surface area (Å²) in [4.78, 5) is 12.0. The number of carbonyl (C=O) groups is 1. The summed E-state index contributed by atoms with van der Waals surface area (Å²) in [6.07, 6.45) is 0.209. The van der Waals surface area contributed by atoms with Crippen LogP contribution in [0, 0.1) is 0 Å². The Bertz CT molecular complexity index is 618. The molecule has 0 aliphatic rings. The largest absolute Gasteiger partial charge is 0.463 e. The van der Waals surface area contributed by atoms with Crippen molar-refractivity contribution < 1.29 is 13.9 Å². The highest BCUT2D eigenvalue weighted by Gasteiger charge is 2.18. The second kappa shape index (κ2) is 7.39. The van der Waals surface area contributed by atoms with Gasteiger partial charge in [0.05, 0.1) is 12.2 Å². The molecule has 0 saturated heterocycles. The molecule has 0 N–H and O–H groups in total. The average Bonchev–Trinajstić information content (AvgIpc) is 2.54. The quantitative estimate of drug-likeness (QED) is 0.608. The highest BCUT2D eigenvalue weighted by atomic mass is 19.1. The van der Waals surface area contributed by atoms with Gasteiger partial charge in [0.25, 0.3) is 0 Å². The third-order valence-electron chi connectivity index (χ3n) is 3.04. The van der Waals surface area contributed by atoms with E-state index >= 15 is 0 Å². The number of esters is 1. The molecule has 0 radical (unpaired) electrons. The number of carbonyl (C=O) groups excluding carboxylic acids is 1. The zero-order chi connectivity index (χ0) is 15.1. The van der Waals surface area contributed by atoms with Crippen LogP contribution in [0.5, 0.6) is 0 Å². The molecule has 2 aromatic rings. The fraction of sp³-hybridized carbons (Fsp3) is 0.167. The van der Waals surface area contributed by atoms with Gasteiger partial charge in [-0.3, -0.25) is 0 Å². The van der Waals surface area contributed by atoms with Crippen LogP contribution in [-0.4, -0.2) is 12.6 Å². The Balaban J connectivity index is 2.38. The van der Waals surface area contributed by atoms with E-state index in [9.17, 15) is 9.18 Å². The molecule has 0 aromatic heterocycles. The predicted octanol–water partition coefficient (Wildman–Crippen LogP) is 4.17. The molecule has 0 fully saturated rings. The number of hydrogen-bond donors (Lipinski definition) is 0. The number of benzene rings is 2. The maximum absolute atomic E-state index is 14.6. The van der Waals surface area contributed by atoms with Crippen LogP contribution in [0.15, 0.2) is 66.2 Å². The van der Waals surface area contributed by atoms with Gasteiger partial charge in [-0.2, -0.15) is 0 Å². The van der Waals surface area contributed by atoms with Gasteiger partial charge in [0.2, 0.25) is 0 Å². The predicted molar refractivity (Wildman–Crippen MR) is 81.2 cm³/mol. The Morgan fingerprint density at radius 2 is 1.57 bits per heavy atom. The van der Waals surface area contributed by atoms with E-state index in [1.54, 1.807) is 37.3 Å². The van der Waals surface area contributed by atoms with Gasteiger partial charge < -0.3 is 4.74 Å². The van der Waals surface area contributed by atoms with E-state index < -0.39 is 11.8 Å². The molecule has 0 bridgehead atoms. The molecule has 108 valence electrons. The van der Waals surface area contributed by atoms with Crippen LogP contribution >= 0.6 is 0 Å².